The van der Waals surface area contributed by atoms with Crippen molar-refractivity contribution >= 4 is 23.5 Å². The Morgan fingerprint density at radius 2 is 1.97 bits per heavy atom. The third kappa shape index (κ3) is 6.16. The number of amides is 2. The molecule has 2 N–H and O–H groups in total. The third-order valence-electron chi connectivity index (χ3n) is 5.31. The molecule has 2 amide bonds. The van der Waals surface area contributed by atoms with E-state index in [1.54, 1.807) is 37.8 Å². The largest absolute Gasteiger partial charge is 0.480 e. The first-order valence-electron chi connectivity index (χ1n) is 10.4. The van der Waals surface area contributed by atoms with E-state index in [1.807, 2.05) is 0 Å². The van der Waals surface area contributed by atoms with Crippen molar-refractivity contribution < 1.29 is 33.4 Å². The van der Waals surface area contributed by atoms with Gasteiger partial charge in [-0.05, 0) is 45.7 Å². The molecule has 0 spiro atoms. The summed E-state index contributed by atoms with van der Waals surface area (Å²) in [6.07, 6.45) is 0.105. The van der Waals surface area contributed by atoms with Crippen molar-refractivity contribution in [3.63, 3.8) is 0 Å². The van der Waals surface area contributed by atoms with E-state index >= 15 is 0 Å². The summed E-state index contributed by atoms with van der Waals surface area (Å²) < 4.78 is 25.6. The number of halogens is 1. The summed E-state index contributed by atoms with van der Waals surface area (Å²) in [5.74, 6) is -1.63. The minimum Gasteiger partial charge on any atom is -0.480 e. The van der Waals surface area contributed by atoms with Gasteiger partial charge in [0, 0.05) is 32.0 Å². The molecule has 0 aliphatic carbocycles. The number of ether oxygens (including phenoxy) is 2. The summed E-state index contributed by atoms with van der Waals surface area (Å²) in [5.41, 5.74) is -1.44. The molecule has 9 heteroatoms. The number of carbonyl (C=O) groups is 3. The van der Waals surface area contributed by atoms with Crippen LogP contribution in [0.15, 0.2) is 18.2 Å². The fourth-order valence-electron chi connectivity index (χ4n) is 3.75. The van der Waals surface area contributed by atoms with Gasteiger partial charge in [-0.1, -0.05) is 0 Å². The van der Waals surface area contributed by atoms with Gasteiger partial charge in [0.15, 0.2) is 6.10 Å². The molecule has 0 saturated carbocycles. The van der Waals surface area contributed by atoms with Gasteiger partial charge in [-0.15, -0.1) is 0 Å². The molecule has 0 bridgehead atoms. The Balaban J connectivity index is 1.57. The lowest BCUT2D eigenvalue weighted by atomic mass is 9.88. The van der Waals surface area contributed by atoms with Gasteiger partial charge in [0.25, 0.3) is 5.91 Å². The van der Waals surface area contributed by atoms with Crippen LogP contribution in [0.25, 0.3) is 0 Å². The number of rotatable bonds is 5. The normalized spacial score (nSPS) is 21.5. The quantitative estimate of drug-likeness (QED) is 0.538. The second-order valence-electron chi connectivity index (χ2n) is 9.15. The lowest BCUT2D eigenvalue weighted by molar-refractivity contribution is -0.161. The van der Waals surface area contributed by atoms with Gasteiger partial charge in [0.1, 0.15) is 17.2 Å². The molecule has 2 aliphatic heterocycles. The van der Waals surface area contributed by atoms with Crippen LogP contribution in [-0.4, -0.2) is 53.3 Å². The van der Waals surface area contributed by atoms with Gasteiger partial charge in [0.2, 0.25) is 5.91 Å². The van der Waals surface area contributed by atoms with Gasteiger partial charge >= 0.3 is 5.97 Å². The van der Waals surface area contributed by atoms with Crippen LogP contribution in [0, 0.1) is 5.82 Å². The number of nitrogens with zero attached hydrogens (tertiary/aromatic N) is 1. The van der Waals surface area contributed by atoms with Crippen molar-refractivity contribution in [3.8, 4) is 5.75 Å². The lowest BCUT2D eigenvalue weighted by Gasteiger charge is -2.39. The van der Waals surface area contributed by atoms with Crippen LogP contribution in [0.3, 0.4) is 0 Å². The first-order valence-corrected chi connectivity index (χ1v) is 10.4. The van der Waals surface area contributed by atoms with Crippen LogP contribution in [0.1, 0.15) is 52.9 Å². The number of hydrogen-bond donors (Lipinski definition) is 2. The van der Waals surface area contributed by atoms with Crippen LogP contribution in [-0.2, 0) is 19.1 Å². The van der Waals surface area contributed by atoms with Crippen molar-refractivity contribution in [3.05, 3.63) is 24.0 Å². The van der Waals surface area contributed by atoms with Crippen molar-refractivity contribution in [1.29, 1.82) is 0 Å². The van der Waals surface area contributed by atoms with Gasteiger partial charge in [-0.2, -0.15) is 0 Å². The molecule has 0 radical (unpaired) electrons. The predicted octanol–water partition coefficient (Wildman–Crippen LogP) is 2.07. The molecule has 2 saturated heterocycles. The van der Waals surface area contributed by atoms with Crippen LogP contribution < -0.4 is 15.0 Å². The lowest BCUT2D eigenvalue weighted by Crippen LogP contribution is -2.46. The summed E-state index contributed by atoms with van der Waals surface area (Å²) in [4.78, 5) is 36.9. The van der Waals surface area contributed by atoms with Crippen LogP contribution in [0.2, 0.25) is 0 Å². The Morgan fingerprint density at radius 3 is 2.55 bits per heavy atom. The molecule has 1 aromatic rings. The van der Waals surface area contributed by atoms with E-state index in [0.29, 0.717) is 31.6 Å². The summed E-state index contributed by atoms with van der Waals surface area (Å²) in [6, 6.07) is 4.35. The average Bonchev–Trinajstić information content (AvgIpc) is 2.63. The van der Waals surface area contributed by atoms with E-state index in [9.17, 15) is 23.9 Å². The average molecular weight is 436 g/mol. The van der Waals surface area contributed by atoms with Gasteiger partial charge in [-0.25, -0.2) is 4.39 Å². The molecule has 1 aromatic carbocycles. The number of piperidine rings is 2. The monoisotopic (exact) mass is 436 g/mol. The van der Waals surface area contributed by atoms with E-state index in [4.69, 9.17) is 9.47 Å². The molecule has 0 aromatic heterocycles. The van der Waals surface area contributed by atoms with E-state index in [1.165, 1.54) is 6.07 Å². The fourth-order valence-corrected chi connectivity index (χ4v) is 3.75. The van der Waals surface area contributed by atoms with Crippen molar-refractivity contribution in [2.24, 2.45) is 0 Å². The number of benzene rings is 1. The SMILES string of the molecule is CC(C)(C)OC(=O)CC1(O)CCN(c2ccc(OC3CCC(=O)NC3=O)cc2F)CC1. The van der Waals surface area contributed by atoms with Gasteiger partial charge < -0.3 is 19.5 Å². The number of nitrogens with one attached hydrogen (secondary N) is 1. The zero-order valence-electron chi connectivity index (χ0n) is 18.1. The molecule has 1 unspecified atom stereocenters. The Morgan fingerprint density at radius 1 is 1.29 bits per heavy atom. The van der Waals surface area contributed by atoms with E-state index in [2.05, 4.69) is 5.32 Å². The molecule has 8 nitrogen and oxygen atoms in total. The maximum Gasteiger partial charge on any atom is 0.309 e. The summed E-state index contributed by atoms with van der Waals surface area (Å²) in [7, 11) is 0. The number of carbonyl (C=O) groups excluding carboxylic acids is 3. The van der Waals surface area contributed by atoms with E-state index in [0.717, 1.165) is 0 Å². The summed E-state index contributed by atoms with van der Waals surface area (Å²) in [6.45, 7) is 6.07. The van der Waals surface area contributed by atoms with Crippen molar-refractivity contribution in [2.45, 2.75) is 70.2 Å². The predicted molar refractivity (Wildman–Crippen MR) is 110 cm³/mol. The Labute approximate surface area is 180 Å². The maximum atomic E-state index is 14.7. The third-order valence-corrected chi connectivity index (χ3v) is 5.31. The molecule has 3 rings (SSSR count). The number of aliphatic hydroxyl groups is 1. The zero-order chi connectivity index (χ0) is 22.8. The summed E-state index contributed by atoms with van der Waals surface area (Å²) >= 11 is 0. The molecule has 2 aliphatic rings. The topological polar surface area (TPSA) is 105 Å². The molecular weight excluding hydrogens is 407 g/mol. The minimum atomic E-state index is -1.18. The highest BCUT2D eigenvalue weighted by Crippen LogP contribution is 2.32. The maximum absolute atomic E-state index is 14.7. The summed E-state index contributed by atoms with van der Waals surface area (Å²) in [5, 5.41) is 12.9. The van der Waals surface area contributed by atoms with Gasteiger partial charge in [0.05, 0.1) is 17.7 Å². The Kier molecular flexibility index (Phi) is 6.54. The van der Waals surface area contributed by atoms with Gasteiger partial charge in [-0.3, -0.25) is 19.7 Å². The Hall–Kier alpha value is -2.68. The number of imide groups is 1. The van der Waals surface area contributed by atoms with E-state index in [-0.39, 0.29) is 30.9 Å². The van der Waals surface area contributed by atoms with Crippen LogP contribution in [0.5, 0.6) is 5.75 Å². The van der Waals surface area contributed by atoms with Crippen molar-refractivity contribution in [1.82, 2.24) is 5.32 Å². The zero-order valence-corrected chi connectivity index (χ0v) is 18.1. The highest BCUT2D eigenvalue weighted by atomic mass is 19.1. The number of esters is 1. The highest BCUT2D eigenvalue weighted by Gasteiger charge is 2.36. The second-order valence-corrected chi connectivity index (χ2v) is 9.15. The first-order chi connectivity index (χ1) is 14.4. The fraction of sp³-hybridized carbons (Fsp3) is 0.591. The smallest absolute Gasteiger partial charge is 0.309 e. The van der Waals surface area contributed by atoms with Crippen LogP contribution in [0.4, 0.5) is 10.1 Å². The molecule has 31 heavy (non-hydrogen) atoms. The van der Waals surface area contributed by atoms with E-state index < -0.39 is 35.0 Å². The number of hydrogen-bond acceptors (Lipinski definition) is 7. The van der Waals surface area contributed by atoms with Crippen LogP contribution >= 0.6 is 0 Å². The number of anilines is 1. The van der Waals surface area contributed by atoms with Crippen molar-refractivity contribution in [2.75, 3.05) is 18.0 Å². The minimum absolute atomic E-state index is 0.0979. The first kappa shape index (κ1) is 23.0. The second kappa shape index (κ2) is 8.82. The molecule has 2 fully saturated rings. The molecule has 2 heterocycles. The molecule has 1 atom stereocenters. The Bertz CT molecular complexity index is 858. The highest BCUT2D eigenvalue weighted by molar-refractivity contribution is 5.99. The molecule has 170 valence electrons. The molecular formula is C22H29FN2O6. The standard InChI is InChI=1S/C22H29FN2O6/c1-21(2,3)31-19(27)13-22(29)8-10-25(11-9-22)16-5-4-14(12-15(16)23)30-17-6-7-18(26)24-20(17)28/h4-5,12,17,29H,6-11,13H2,1-3H3,(H,24,26,28).